The van der Waals surface area contributed by atoms with Crippen molar-refractivity contribution in [1.82, 2.24) is 20.4 Å². The van der Waals surface area contributed by atoms with Crippen LogP contribution >= 0.6 is 0 Å². The SMILES string of the molecule is O=C(Cc1c[nH]c2ccc(F)cc12)Nc1ccc2n[nH]nc2c1. The van der Waals surface area contributed by atoms with E-state index in [-0.39, 0.29) is 18.1 Å². The lowest BCUT2D eigenvalue weighted by Gasteiger charge is -2.04. The van der Waals surface area contributed by atoms with Crippen molar-refractivity contribution in [2.75, 3.05) is 5.32 Å². The zero-order valence-corrected chi connectivity index (χ0v) is 11.9. The highest BCUT2D eigenvalue weighted by Crippen LogP contribution is 2.21. The molecule has 7 heteroatoms. The van der Waals surface area contributed by atoms with Crippen molar-refractivity contribution in [3.8, 4) is 0 Å². The van der Waals surface area contributed by atoms with Gasteiger partial charge in [0.25, 0.3) is 0 Å². The van der Waals surface area contributed by atoms with Crippen molar-refractivity contribution >= 4 is 33.5 Å². The fraction of sp³-hybridized carbons (Fsp3) is 0.0625. The van der Waals surface area contributed by atoms with E-state index in [2.05, 4.69) is 25.7 Å². The Hall–Kier alpha value is -3.22. The lowest BCUT2D eigenvalue weighted by molar-refractivity contribution is -0.115. The van der Waals surface area contributed by atoms with E-state index in [0.717, 1.165) is 16.6 Å². The molecule has 0 saturated carbocycles. The Balaban J connectivity index is 1.55. The lowest BCUT2D eigenvalue weighted by atomic mass is 10.1. The van der Waals surface area contributed by atoms with Crippen molar-refractivity contribution in [3.63, 3.8) is 0 Å². The van der Waals surface area contributed by atoms with Crippen molar-refractivity contribution < 1.29 is 9.18 Å². The Morgan fingerprint density at radius 1 is 1.13 bits per heavy atom. The maximum Gasteiger partial charge on any atom is 0.228 e. The van der Waals surface area contributed by atoms with Crippen molar-refractivity contribution in [2.45, 2.75) is 6.42 Å². The van der Waals surface area contributed by atoms with Crippen LogP contribution in [0.5, 0.6) is 0 Å². The molecule has 0 fully saturated rings. The van der Waals surface area contributed by atoms with Gasteiger partial charge in [0.1, 0.15) is 16.9 Å². The molecule has 0 saturated heterocycles. The van der Waals surface area contributed by atoms with Crippen molar-refractivity contribution in [3.05, 3.63) is 54.0 Å². The Kier molecular flexibility index (Phi) is 3.04. The highest BCUT2D eigenvalue weighted by molar-refractivity contribution is 5.96. The molecule has 0 unspecified atom stereocenters. The number of hydrogen-bond acceptors (Lipinski definition) is 3. The van der Waals surface area contributed by atoms with Crippen LogP contribution in [0.1, 0.15) is 5.56 Å². The summed E-state index contributed by atoms with van der Waals surface area (Å²) in [6, 6.07) is 9.75. The van der Waals surface area contributed by atoms with E-state index in [1.807, 2.05) is 0 Å². The average molecular weight is 309 g/mol. The third-order valence-corrected chi connectivity index (χ3v) is 3.68. The second-order valence-electron chi connectivity index (χ2n) is 5.26. The summed E-state index contributed by atoms with van der Waals surface area (Å²) in [5.41, 5.74) is 3.60. The average Bonchev–Trinajstić information content (AvgIpc) is 3.14. The Morgan fingerprint density at radius 3 is 2.91 bits per heavy atom. The summed E-state index contributed by atoms with van der Waals surface area (Å²) < 4.78 is 13.4. The smallest absolute Gasteiger partial charge is 0.228 e. The predicted octanol–water partition coefficient (Wildman–Crippen LogP) is 2.76. The number of carbonyl (C=O) groups excluding carboxylic acids is 1. The van der Waals surface area contributed by atoms with Gasteiger partial charge in [-0.25, -0.2) is 4.39 Å². The van der Waals surface area contributed by atoms with Gasteiger partial charge in [-0.3, -0.25) is 4.79 Å². The first kappa shape index (κ1) is 13.4. The van der Waals surface area contributed by atoms with E-state index in [9.17, 15) is 9.18 Å². The minimum absolute atomic E-state index is 0.153. The fourth-order valence-electron chi connectivity index (χ4n) is 2.59. The van der Waals surface area contributed by atoms with Gasteiger partial charge in [0.05, 0.1) is 6.42 Å². The van der Waals surface area contributed by atoms with Crippen LogP contribution in [-0.4, -0.2) is 26.3 Å². The molecule has 0 bridgehead atoms. The Morgan fingerprint density at radius 2 is 2.00 bits per heavy atom. The predicted molar refractivity (Wildman–Crippen MR) is 84.5 cm³/mol. The van der Waals surface area contributed by atoms with E-state index in [1.165, 1.54) is 12.1 Å². The molecule has 0 spiro atoms. The van der Waals surface area contributed by atoms with Crippen LogP contribution in [0.2, 0.25) is 0 Å². The number of aromatic nitrogens is 4. The van der Waals surface area contributed by atoms with E-state index >= 15 is 0 Å². The molecule has 23 heavy (non-hydrogen) atoms. The standard InChI is InChI=1S/C16H12FN5O/c17-10-1-3-13-12(6-10)9(8-18-13)5-16(23)19-11-2-4-14-15(7-11)21-22-20-14/h1-4,6-8,18H,5H2,(H,19,23)(H,20,21,22). The molecule has 4 rings (SSSR count). The number of nitrogens with one attached hydrogen (secondary N) is 3. The summed E-state index contributed by atoms with van der Waals surface area (Å²) >= 11 is 0. The second kappa shape index (κ2) is 5.20. The van der Waals surface area contributed by atoms with Crippen LogP contribution in [0, 0.1) is 5.82 Å². The van der Waals surface area contributed by atoms with Crippen LogP contribution in [0.25, 0.3) is 21.9 Å². The summed E-state index contributed by atoms with van der Waals surface area (Å²) in [6.45, 7) is 0. The first-order valence-corrected chi connectivity index (χ1v) is 7.05. The molecule has 0 aliphatic heterocycles. The zero-order valence-electron chi connectivity index (χ0n) is 11.9. The zero-order chi connectivity index (χ0) is 15.8. The number of hydrogen-bond donors (Lipinski definition) is 3. The molecule has 2 aromatic heterocycles. The van der Waals surface area contributed by atoms with Crippen LogP contribution in [-0.2, 0) is 11.2 Å². The van der Waals surface area contributed by atoms with Crippen LogP contribution in [0.3, 0.4) is 0 Å². The second-order valence-corrected chi connectivity index (χ2v) is 5.26. The topological polar surface area (TPSA) is 86.5 Å². The quantitative estimate of drug-likeness (QED) is 0.544. The molecule has 0 atom stereocenters. The molecule has 0 radical (unpaired) electrons. The van der Waals surface area contributed by atoms with E-state index in [1.54, 1.807) is 30.5 Å². The number of nitrogens with zero attached hydrogens (tertiary/aromatic N) is 2. The minimum Gasteiger partial charge on any atom is -0.361 e. The van der Waals surface area contributed by atoms with E-state index in [4.69, 9.17) is 0 Å². The molecule has 4 aromatic rings. The molecule has 114 valence electrons. The fourth-order valence-corrected chi connectivity index (χ4v) is 2.59. The minimum atomic E-state index is -0.324. The normalized spacial score (nSPS) is 11.2. The molecule has 0 aliphatic carbocycles. The highest BCUT2D eigenvalue weighted by atomic mass is 19.1. The third kappa shape index (κ3) is 2.52. The van der Waals surface area contributed by atoms with Gasteiger partial charge in [-0.1, -0.05) is 0 Å². The summed E-state index contributed by atoms with van der Waals surface area (Å²) in [7, 11) is 0. The number of carbonyl (C=O) groups is 1. The lowest BCUT2D eigenvalue weighted by Crippen LogP contribution is -2.14. The van der Waals surface area contributed by atoms with Crippen molar-refractivity contribution in [2.24, 2.45) is 0 Å². The maximum absolute atomic E-state index is 13.4. The Bertz CT molecular complexity index is 1020. The molecule has 2 aromatic carbocycles. The van der Waals surface area contributed by atoms with Crippen LogP contribution in [0.4, 0.5) is 10.1 Å². The molecular weight excluding hydrogens is 297 g/mol. The number of rotatable bonds is 3. The summed E-state index contributed by atoms with van der Waals surface area (Å²) in [6.07, 6.45) is 1.88. The van der Waals surface area contributed by atoms with Gasteiger partial charge in [-0.15, -0.1) is 0 Å². The van der Waals surface area contributed by atoms with Gasteiger partial charge in [-0.05, 0) is 42.0 Å². The molecule has 1 amide bonds. The summed E-state index contributed by atoms with van der Waals surface area (Å²) in [5, 5.41) is 14.0. The Labute approximate surface area is 129 Å². The van der Waals surface area contributed by atoms with Gasteiger partial charge in [-0.2, -0.15) is 15.4 Å². The van der Waals surface area contributed by atoms with Gasteiger partial charge >= 0.3 is 0 Å². The number of anilines is 1. The van der Waals surface area contributed by atoms with Crippen LogP contribution < -0.4 is 5.32 Å². The highest BCUT2D eigenvalue weighted by Gasteiger charge is 2.10. The summed E-state index contributed by atoms with van der Waals surface area (Å²) in [5.74, 6) is -0.506. The third-order valence-electron chi connectivity index (χ3n) is 3.68. The maximum atomic E-state index is 13.4. The number of H-pyrrole nitrogens is 2. The van der Waals surface area contributed by atoms with Gasteiger partial charge in [0.15, 0.2) is 0 Å². The van der Waals surface area contributed by atoms with Gasteiger partial charge < -0.3 is 10.3 Å². The summed E-state index contributed by atoms with van der Waals surface area (Å²) in [4.78, 5) is 15.3. The van der Waals surface area contributed by atoms with Crippen molar-refractivity contribution in [1.29, 1.82) is 0 Å². The number of benzene rings is 2. The number of halogens is 1. The van der Waals surface area contributed by atoms with Gasteiger partial charge in [0.2, 0.25) is 5.91 Å². The number of fused-ring (bicyclic) bond motifs is 2. The molecule has 0 aliphatic rings. The molecule has 6 nitrogen and oxygen atoms in total. The first-order valence-electron chi connectivity index (χ1n) is 7.05. The monoisotopic (exact) mass is 309 g/mol. The molecular formula is C16H12FN5O. The van der Waals surface area contributed by atoms with E-state index in [0.29, 0.717) is 16.6 Å². The van der Waals surface area contributed by atoms with E-state index < -0.39 is 0 Å². The largest absolute Gasteiger partial charge is 0.361 e. The van der Waals surface area contributed by atoms with Gasteiger partial charge in [0, 0.05) is 22.8 Å². The molecule has 2 heterocycles. The molecule has 3 N–H and O–H groups in total. The number of aromatic amines is 2. The number of amides is 1. The first-order chi connectivity index (χ1) is 11.2. The van der Waals surface area contributed by atoms with Crippen LogP contribution in [0.15, 0.2) is 42.6 Å².